The summed E-state index contributed by atoms with van der Waals surface area (Å²) < 4.78 is 39.6. The molecule has 9 heteroatoms. The van der Waals surface area contributed by atoms with Gasteiger partial charge in [0.05, 0.1) is 24.3 Å². The molecule has 0 N–H and O–H groups in total. The first kappa shape index (κ1) is 21.9. The maximum absolute atomic E-state index is 13.1. The summed E-state index contributed by atoms with van der Waals surface area (Å²) in [6.45, 7) is 6.93. The Morgan fingerprint density at radius 3 is 1.84 bits per heavy atom. The van der Waals surface area contributed by atoms with Gasteiger partial charge in [0.1, 0.15) is 31.2 Å². The molecule has 1 aromatic carbocycles. The van der Waals surface area contributed by atoms with Crippen molar-refractivity contribution in [1.82, 2.24) is 0 Å². The maximum atomic E-state index is 13.1. The van der Waals surface area contributed by atoms with Crippen LogP contribution in [0.2, 0.25) is 0 Å². The Morgan fingerprint density at radius 2 is 1.44 bits per heavy atom. The number of halogens is 2. The van der Waals surface area contributed by atoms with Crippen LogP contribution in [0.4, 0.5) is 0 Å². The van der Waals surface area contributed by atoms with Gasteiger partial charge in [0.2, 0.25) is 0 Å². The number of ether oxygens (including phenoxy) is 2. The summed E-state index contributed by atoms with van der Waals surface area (Å²) >= 11 is 11.7. The van der Waals surface area contributed by atoms with Gasteiger partial charge in [-0.3, -0.25) is 9.05 Å². The zero-order chi connectivity index (χ0) is 18.5. The Morgan fingerprint density at radius 1 is 0.960 bits per heavy atom. The van der Waals surface area contributed by atoms with Crippen molar-refractivity contribution in [3.8, 4) is 5.75 Å². The van der Waals surface area contributed by atoms with Gasteiger partial charge >= 0.3 is 7.82 Å². The average Bonchev–Trinajstić information content (AvgIpc) is 2.63. The summed E-state index contributed by atoms with van der Waals surface area (Å²) in [6, 6.07) is 8.47. The lowest BCUT2D eigenvalue weighted by Crippen LogP contribution is -2.26. The van der Waals surface area contributed by atoms with Crippen LogP contribution in [0.1, 0.15) is 0 Å². The van der Waals surface area contributed by atoms with Gasteiger partial charge in [0.25, 0.3) is 0 Å². The smallest absolute Gasteiger partial charge is 0.499 e. The molecule has 0 aliphatic rings. The number of para-hydroxylation sites is 1. The molecule has 0 saturated carbocycles. The van der Waals surface area contributed by atoms with Gasteiger partial charge in [-0.05, 0) is 12.1 Å². The van der Waals surface area contributed by atoms with E-state index in [1.165, 1.54) is 12.5 Å². The second kappa shape index (κ2) is 12.2. The van der Waals surface area contributed by atoms with Gasteiger partial charge < -0.3 is 14.0 Å². The third-order valence-electron chi connectivity index (χ3n) is 2.66. The quantitative estimate of drug-likeness (QED) is 0.250. The lowest BCUT2D eigenvalue weighted by atomic mass is 10.3. The highest BCUT2D eigenvalue weighted by atomic mass is 35.5. The number of hydrogen-bond acceptors (Lipinski definition) is 6. The van der Waals surface area contributed by atoms with Crippen LogP contribution in [0.25, 0.3) is 0 Å². The van der Waals surface area contributed by atoms with Crippen LogP contribution >= 0.6 is 31.0 Å². The number of phosphoric ester groups is 1. The molecule has 25 heavy (non-hydrogen) atoms. The normalized spacial score (nSPS) is 15.4. The first-order valence-corrected chi connectivity index (χ1v) is 9.88. The number of benzene rings is 1. The second-order valence-corrected chi connectivity index (χ2v) is 6.73. The van der Waals surface area contributed by atoms with Gasteiger partial charge in [-0.25, -0.2) is 4.57 Å². The Kier molecular flexibility index (Phi) is 10.7. The van der Waals surface area contributed by atoms with Gasteiger partial charge in [-0.1, -0.05) is 31.4 Å². The number of hydrogen-bond donors (Lipinski definition) is 0. The molecule has 2 atom stereocenters. The zero-order valence-corrected chi connectivity index (χ0v) is 16.0. The predicted molar refractivity (Wildman–Crippen MR) is 98.2 cm³/mol. The minimum atomic E-state index is -4.06. The molecule has 6 nitrogen and oxygen atoms in total. The van der Waals surface area contributed by atoms with Crippen molar-refractivity contribution in [1.29, 1.82) is 0 Å². The summed E-state index contributed by atoms with van der Waals surface area (Å²) in [5.41, 5.74) is 0. The van der Waals surface area contributed by atoms with E-state index in [1.54, 1.807) is 30.3 Å². The van der Waals surface area contributed by atoms with Crippen molar-refractivity contribution < 1.29 is 27.6 Å². The first-order chi connectivity index (χ1) is 12.1. The molecule has 0 saturated heterocycles. The minimum Gasteiger partial charge on any atom is -0.499 e. The van der Waals surface area contributed by atoms with Crippen LogP contribution < -0.4 is 4.52 Å². The van der Waals surface area contributed by atoms with E-state index in [1.807, 2.05) is 0 Å². The van der Waals surface area contributed by atoms with E-state index in [0.717, 1.165) is 0 Å². The number of rotatable bonds is 14. The zero-order valence-electron chi connectivity index (χ0n) is 13.6. The van der Waals surface area contributed by atoms with Crippen molar-refractivity contribution in [2.24, 2.45) is 0 Å². The molecule has 0 heterocycles. The summed E-state index contributed by atoms with van der Waals surface area (Å²) in [5, 5.41) is 0. The molecule has 2 unspecified atom stereocenters. The van der Waals surface area contributed by atoms with E-state index in [2.05, 4.69) is 13.2 Å². The molecule has 0 amide bonds. The van der Waals surface area contributed by atoms with Gasteiger partial charge in [-0.15, -0.1) is 23.2 Å². The van der Waals surface area contributed by atoms with Crippen molar-refractivity contribution in [2.75, 3.05) is 25.0 Å². The van der Waals surface area contributed by atoms with Crippen LogP contribution in [0, 0.1) is 0 Å². The molecule has 0 aliphatic carbocycles. The Labute approximate surface area is 157 Å². The Balaban J connectivity index is 2.92. The fourth-order valence-corrected chi connectivity index (χ4v) is 3.60. The van der Waals surface area contributed by atoms with Crippen LogP contribution in [0.5, 0.6) is 5.75 Å². The lowest BCUT2D eigenvalue weighted by Gasteiger charge is -2.25. The molecule has 0 spiro atoms. The van der Waals surface area contributed by atoms with E-state index >= 15 is 0 Å². The predicted octanol–water partition coefficient (Wildman–Crippen LogP) is 4.74. The molecule has 0 aromatic heterocycles. The topological polar surface area (TPSA) is 63.2 Å². The van der Waals surface area contributed by atoms with Crippen molar-refractivity contribution in [2.45, 2.75) is 12.2 Å². The largest absolute Gasteiger partial charge is 0.530 e. The number of phosphoric acid groups is 1. The van der Waals surface area contributed by atoms with Crippen LogP contribution in [-0.4, -0.2) is 37.2 Å². The molecule has 1 aromatic rings. The summed E-state index contributed by atoms with van der Waals surface area (Å²) in [7, 11) is -4.06. The summed E-state index contributed by atoms with van der Waals surface area (Å²) in [4.78, 5) is 0. The van der Waals surface area contributed by atoms with Crippen molar-refractivity contribution in [3.63, 3.8) is 0 Å². The highest BCUT2D eigenvalue weighted by Crippen LogP contribution is 2.51. The number of alkyl halides is 2. The minimum absolute atomic E-state index is 0.00798. The maximum Gasteiger partial charge on any atom is 0.530 e. The summed E-state index contributed by atoms with van der Waals surface area (Å²) in [5.74, 6) is 0.323. The lowest BCUT2D eigenvalue weighted by molar-refractivity contribution is 0.0417. The highest BCUT2D eigenvalue weighted by Gasteiger charge is 2.36. The van der Waals surface area contributed by atoms with Gasteiger partial charge in [-0.2, -0.15) is 0 Å². The third kappa shape index (κ3) is 8.66. The Hall–Kier alpha value is -1.17. The fraction of sp³-hybridized carbons (Fsp3) is 0.375. The summed E-state index contributed by atoms with van der Waals surface area (Å²) in [6.07, 6.45) is 0.967. The van der Waals surface area contributed by atoms with E-state index in [4.69, 9.17) is 46.2 Å². The van der Waals surface area contributed by atoms with Crippen LogP contribution in [0.3, 0.4) is 0 Å². The second-order valence-electron chi connectivity index (χ2n) is 4.61. The van der Waals surface area contributed by atoms with E-state index in [-0.39, 0.29) is 25.0 Å². The van der Waals surface area contributed by atoms with E-state index in [0.29, 0.717) is 5.75 Å². The Bertz CT molecular complexity index is 531. The average molecular weight is 411 g/mol. The fourth-order valence-electron chi connectivity index (χ4n) is 1.60. The standard InChI is InChI=1S/C16H21Cl2O6P/c1-3-20-12-15(10-17)23-25(19,22-14-8-6-5-7-9-14)24-16(11-18)13-21-4-2/h3-9,15-16H,1-2,10-13H2. The highest BCUT2D eigenvalue weighted by molar-refractivity contribution is 7.49. The molecular weight excluding hydrogens is 390 g/mol. The van der Waals surface area contributed by atoms with Crippen LogP contribution in [0.15, 0.2) is 56.0 Å². The molecule has 0 fully saturated rings. The molecular formula is C16H21Cl2O6P. The van der Waals surface area contributed by atoms with Crippen molar-refractivity contribution >= 4 is 31.0 Å². The van der Waals surface area contributed by atoms with E-state index in [9.17, 15) is 4.57 Å². The van der Waals surface area contributed by atoms with Crippen LogP contribution in [-0.2, 0) is 23.1 Å². The first-order valence-electron chi connectivity index (χ1n) is 7.35. The third-order valence-corrected chi connectivity index (χ3v) is 4.90. The monoisotopic (exact) mass is 410 g/mol. The van der Waals surface area contributed by atoms with Crippen molar-refractivity contribution in [3.05, 3.63) is 56.0 Å². The molecule has 140 valence electrons. The SMILES string of the molecule is C=COCC(CCl)OP(=O)(Oc1ccccc1)OC(CCl)COC=C. The molecule has 0 aliphatic heterocycles. The van der Waals surface area contributed by atoms with E-state index < -0.39 is 20.0 Å². The molecule has 0 bridgehead atoms. The molecule has 1 rings (SSSR count). The molecule has 0 radical (unpaired) electrons. The van der Waals surface area contributed by atoms with Gasteiger partial charge in [0.15, 0.2) is 0 Å². The van der Waals surface area contributed by atoms with Gasteiger partial charge in [0, 0.05) is 0 Å².